The predicted molar refractivity (Wildman–Crippen MR) is 34.0 cm³/mol. The van der Waals surface area contributed by atoms with Gasteiger partial charge in [-0.15, -0.1) is 0 Å². The van der Waals surface area contributed by atoms with Crippen molar-refractivity contribution < 1.29 is 14.7 Å². The van der Waals surface area contributed by atoms with Crippen molar-refractivity contribution in [1.29, 1.82) is 0 Å². The summed E-state index contributed by atoms with van der Waals surface area (Å²) < 4.78 is 0. The third kappa shape index (κ3) is 2.45. The van der Waals surface area contributed by atoms with E-state index in [9.17, 15) is 9.59 Å². The van der Waals surface area contributed by atoms with Crippen molar-refractivity contribution in [1.82, 2.24) is 5.32 Å². The summed E-state index contributed by atoms with van der Waals surface area (Å²) >= 11 is 0. The number of carboxylic acid groups (broad SMARTS) is 1. The average molecular weight is 146 g/mol. The zero-order chi connectivity index (χ0) is 8.36. The molecule has 0 saturated carbocycles. The van der Waals surface area contributed by atoms with Crippen LogP contribution in [0.15, 0.2) is 0 Å². The minimum Gasteiger partial charge on any atom is -0.479 e. The lowest BCUT2D eigenvalue weighted by Crippen LogP contribution is -2.58. The summed E-state index contributed by atoms with van der Waals surface area (Å²) in [4.78, 5) is 20.5. The van der Waals surface area contributed by atoms with Gasteiger partial charge in [0, 0.05) is 6.92 Å². The quantitative estimate of drug-likeness (QED) is 0.430. The van der Waals surface area contributed by atoms with Crippen LogP contribution in [-0.2, 0) is 9.59 Å². The summed E-state index contributed by atoms with van der Waals surface area (Å²) in [6, 6.07) is 0. The monoisotopic (exact) mass is 146 g/mol. The smallest absolute Gasteiger partial charge is 0.344 e. The number of rotatable bonds is 2. The second-order valence-corrected chi connectivity index (χ2v) is 2.19. The fraction of sp³-hybridized carbons (Fsp3) is 0.600. The van der Waals surface area contributed by atoms with Crippen molar-refractivity contribution in [2.45, 2.75) is 19.5 Å². The van der Waals surface area contributed by atoms with Gasteiger partial charge in [-0.25, -0.2) is 4.79 Å². The zero-order valence-corrected chi connectivity index (χ0v) is 5.84. The molecule has 0 aliphatic heterocycles. The normalized spacial score (nSPS) is 15.5. The molecule has 0 heterocycles. The lowest BCUT2D eigenvalue weighted by molar-refractivity contribution is -0.146. The van der Waals surface area contributed by atoms with Gasteiger partial charge in [0.25, 0.3) is 0 Å². The fourth-order valence-corrected chi connectivity index (χ4v) is 0.419. The SMILES string of the molecule is CC(=O)N[C@@](C)(N)C(=O)O. The third-order valence-electron chi connectivity index (χ3n) is 0.880. The highest BCUT2D eigenvalue weighted by atomic mass is 16.4. The van der Waals surface area contributed by atoms with Crippen LogP contribution in [0.1, 0.15) is 13.8 Å². The molecular formula is C5H10N2O3. The Kier molecular flexibility index (Phi) is 2.36. The average Bonchev–Trinajstić information content (AvgIpc) is 1.60. The Morgan fingerprint density at radius 1 is 1.60 bits per heavy atom. The van der Waals surface area contributed by atoms with Crippen LogP contribution < -0.4 is 11.1 Å². The second-order valence-electron chi connectivity index (χ2n) is 2.19. The Labute approximate surface area is 58.2 Å². The summed E-state index contributed by atoms with van der Waals surface area (Å²) in [6.45, 7) is 2.41. The number of hydrogen-bond donors (Lipinski definition) is 3. The molecule has 0 aliphatic carbocycles. The molecule has 10 heavy (non-hydrogen) atoms. The first-order chi connectivity index (χ1) is 4.36. The van der Waals surface area contributed by atoms with Gasteiger partial charge in [0.1, 0.15) is 0 Å². The Hall–Kier alpha value is -1.10. The highest BCUT2D eigenvalue weighted by Gasteiger charge is 2.28. The summed E-state index contributed by atoms with van der Waals surface area (Å²) in [5.74, 6) is -1.73. The maximum Gasteiger partial charge on any atom is 0.344 e. The highest BCUT2D eigenvalue weighted by molar-refractivity contribution is 5.84. The van der Waals surface area contributed by atoms with Crippen LogP contribution in [0.4, 0.5) is 0 Å². The first-order valence-corrected chi connectivity index (χ1v) is 2.67. The number of nitrogens with two attached hydrogens (primary N) is 1. The van der Waals surface area contributed by atoms with E-state index < -0.39 is 17.5 Å². The van der Waals surface area contributed by atoms with E-state index in [1.54, 1.807) is 0 Å². The maximum atomic E-state index is 10.3. The van der Waals surface area contributed by atoms with Crippen LogP contribution in [0.5, 0.6) is 0 Å². The second kappa shape index (κ2) is 2.66. The van der Waals surface area contributed by atoms with Crippen LogP contribution in [-0.4, -0.2) is 22.6 Å². The van der Waals surface area contributed by atoms with Gasteiger partial charge < -0.3 is 10.4 Å². The molecule has 0 fully saturated rings. The summed E-state index contributed by atoms with van der Waals surface area (Å²) in [5.41, 5.74) is 3.47. The number of carbonyl (C=O) groups excluding carboxylic acids is 1. The molecule has 0 aromatic carbocycles. The number of hydrogen-bond acceptors (Lipinski definition) is 3. The molecule has 58 valence electrons. The third-order valence-corrected chi connectivity index (χ3v) is 0.880. The first-order valence-electron chi connectivity index (χ1n) is 2.67. The van der Waals surface area contributed by atoms with Gasteiger partial charge in [0.15, 0.2) is 5.66 Å². The van der Waals surface area contributed by atoms with E-state index >= 15 is 0 Å². The van der Waals surface area contributed by atoms with Crippen LogP contribution in [0.25, 0.3) is 0 Å². The molecule has 1 amide bonds. The number of carbonyl (C=O) groups is 2. The Morgan fingerprint density at radius 2 is 2.00 bits per heavy atom. The molecule has 0 radical (unpaired) electrons. The molecule has 0 aromatic rings. The van der Waals surface area contributed by atoms with Crippen molar-refractivity contribution in [3.05, 3.63) is 0 Å². The molecule has 0 saturated heterocycles. The molecule has 0 unspecified atom stereocenters. The van der Waals surface area contributed by atoms with E-state index in [0.29, 0.717) is 0 Å². The van der Waals surface area contributed by atoms with Gasteiger partial charge in [-0.3, -0.25) is 10.5 Å². The molecule has 0 aliphatic rings. The Bertz CT molecular complexity index is 164. The molecule has 5 heteroatoms. The van der Waals surface area contributed by atoms with Crippen molar-refractivity contribution in [3.63, 3.8) is 0 Å². The van der Waals surface area contributed by atoms with E-state index in [1.165, 1.54) is 13.8 Å². The van der Waals surface area contributed by atoms with Gasteiger partial charge in [0.05, 0.1) is 0 Å². The van der Waals surface area contributed by atoms with E-state index in [-0.39, 0.29) is 0 Å². The fourth-order valence-electron chi connectivity index (χ4n) is 0.419. The van der Waals surface area contributed by atoms with Crippen molar-refractivity contribution in [3.8, 4) is 0 Å². The van der Waals surface area contributed by atoms with Crippen LogP contribution >= 0.6 is 0 Å². The minimum atomic E-state index is -1.66. The minimum absolute atomic E-state index is 0.465. The Balaban J connectivity index is 4.13. The lowest BCUT2D eigenvalue weighted by atomic mass is 10.2. The number of carboxylic acids is 1. The number of nitrogens with one attached hydrogen (secondary N) is 1. The largest absolute Gasteiger partial charge is 0.479 e. The standard InChI is InChI=1S/C5H10N2O3/c1-3(8)7-5(2,6)4(9)10/h6H2,1-2H3,(H,7,8)(H,9,10)/t5-/m1/s1. The van der Waals surface area contributed by atoms with Gasteiger partial charge >= 0.3 is 5.97 Å². The van der Waals surface area contributed by atoms with E-state index in [2.05, 4.69) is 5.32 Å². The molecule has 0 rings (SSSR count). The van der Waals surface area contributed by atoms with Crippen LogP contribution in [0.2, 0.25) is 0 Å². The summed E-state index contributed by atoms with van der Waals surface area (Å²) in [6.07, 6.45) is 0. The molecule has 0 aromatic heterocycles. The number of amides is 1. The topological polar surface area (TPSA) is 92.4 Å². The molecular weight excluding hydrogens is 136 g/mol. The predicted octanol–water partition coefficient (Wildman–Crippen LogP) is -1.12. The maximum absolute atomic E-state index is 10.3. The van der Waals surface area contributed by atoms with Gasteiger partial charge in [-0.05, 0) is 6.92 Å². The van der Waals surface area contributed by atoms with Crippen molar-refractivity contribution in [2.75, 3.05) is 0 Å². The van der Waals surface area contributed by atoms with Gasteiger partial charge in [0.2, 0.25) is 5.91 Å². The van der Waals surface area contributed by atoms with Crippen LogP contribution in [0.3, 0.4) is 0 Å². The molecule has 0 spiro atoms. The number of aliphatic carboxylic acids is 1. The van der Waals surface area contributed by atoms with E-state index in [1.807, 2.05) is 0 Å². The molecule has 5 nitrogen and oxygen atoms in total. The highest BCUT2D eigenvalue weighted by Crippen LogP contribution is 1.91. The van der Waals surface area contributed by atoms with Gasteiger partial charge in [-0.2, -0.15) is 0 Å². The van der Waals surface area contributed by atoms with Crippen molar-refractivity contribution >= 4 is 11.9 Å². The first kappa shape index (κ1) is 8.90. The molecule has 4 N–H and O–H groups in total. The molecule has 1 atom stereocenters. The Morgan fingerprint density at radius 3 is 2.10 bits per heavy atom. The van der Waals surface area contributed by atoms with Crippen LogP contribution in [0, 0.1) is 0 Å². The lowest BCUT2D eigenvalue weighted by Gasteiger charge is -2.19. The van der Waals surface area contributed by atoms with Gasteiger partial charge in [-0.1, -0.05) is 0 Å². The van der Waals surface area contributed by atoms with E-state index in [4.69, 9.17) is 10.8 Å². The summed E-state index contributed by atoms with van der Waals surface area (Å²) in [5, 5.41) is 10.4. The molecule has 0 bridgehead atoms. The zero-order valence-electron chi connectivity index (χ0n) is 5.84. The summed E-state index contributed by atoms with van der Waals surface area (Å²) in [7, 11) is 0. The van der Waals surface area contributed by atoms with Crippen molar-refractivity contribution in [2.24, 2.45) is 5.73 Å². The van der Waals surface area contributed by atoms with E-state index in [0.717, 1.165) is 0 Å².